The summed E-state index contributed by atoms with van der Waals surface area (Å²) in [6.07, 6.45) is 6.67. The molecule has 0 saturated carbocycles. The summed E-state index contributed by atoms with van der Waals surface area (Å²) in [6, 6.07) is 21.7. The lowest BCUT2D eigenvalue weighted by Gasteiger charge is -2.43. The Labute approximate surface area is 183 Å². The summed E-state index contributed by atoms with van der Waals surface area (Å²) in [5, 5.41) is 2.74. The van der Waals surface area contributed by atoms with E-state index in [1.807, 2.05) is 0 Å². The number of rotatable bonds is 10. The highest BCUT2D eigenvalue weighted by molar-refractivity contribution is 6.99. The van der Waals surface area contributed by atoms with E-state index in [2.05, 4.69) is 81.4 Å². The summed E-state index contributed by atoms with van der Waals surface area (Å²) in [7, 11) is -2.40. The highest BCUT2D eigenvalue weighted by atomic mass is 28.4. The van der Waals surface area contributed by atoms with Gasteiger partial charge in [-0.2, -0.15) is 0 Å². The van der Waals surface area contributed by atoms with E-state index in [-0.39, 0.29) is 11.3 Å². The van der Waals surface area contributed by atoms with Crippen molar-refractivity contribution in [2.45, 2.75) is 70.6 Å². The molecule has 1 aliphatic heterocycles. The molecule has 0 aromatic heterocycles. The Bertz CT molecular complexity index is 681. The molecule has 3 rings (SSSR count). The third-order valence-corrected chi connectivity index (χ3v) is 11.0. The molecule has 0 amide bonds. The molecule has 0 aliphatic carbocycles. The average Bonchev–Trinajstić information content (AvgIpc) is 2.77. The number of hydrogen-bond acceptors (Lipinski definition) is 3. The number of hydrogen-bond donors (Lipinski definition) is 0. The molecule has 1 fully saturated rings. The molecular weight excluding hydrogens is 388 g/mol. The second-order valence-electron chi connectivity index (χ2n) is 9.24. The highest BCUT2D eigenvalue weighted by Gasteiger charge is 2.49. The van der Waals surface area contributed by atoms with Gasteiger partial charge in [0.05, 0.1) is 0 Å². The van der Waals surface area contributed by atoms with Crippen molar-refractivity contribution in [3.63, 3.8) is 0 Å². The first kappa shape index (κ1) is 23.2. The van der Waals surface area contributed by atoms with Crippen molar-refractivity contribution in [2.75, 3.05) is 19.8 Å². The van der Waals surface area contributed by atoms with Gasteiger partial charge in [-0.05, 0) is 53.9 Å². The van der Waals surface area contributed by atoms with Gasteiger partial charge in [0, 0.05) is 19.8 Å². The van der Waals surface area contributed by atoms with Gasteiger partial charge >= 0.3 is 0 Å². The van der Waals surface area contributed by atoms with Crippen molar-refractivity contribution in [2.24, 2.45) is 0 Å². The lowest BCUT2D eigenvalue weighted by Crippen LogP contribution is -2.66. The molecule has 0 N–H and O–H groups in total. The smallest absolute Gasteiger partial charge is 0.261 e. The molecule has 4 heteroatoms. The molecule has 1 heterocycles. The second kappa shape index (κ2) is 11.2. The molecule has 0 spiro atoms. The SMILES string of the molecule is CC(C)(C)[Si](OCCCCCOC1CCCCO1)(c1ccccc1)c1ccccc1. The first-order valence-corrected chi connectivity index (χ1v) is 13.4. The largest absolute Gasteiger partial charge is 0.407 e. The van der Waals surface area contributed by atoms with Gasteiger partial charge in [-0.1, -0.05) is 81.4 Å². The molecule has 1 unspecified atom stereocenters. The molecule has 3 nitrogen and oxygen atoms in total. The minimum atomic E-state index is -2.40. The van der Waals surface area contributed by atoms with Crippen molar-refractivity contribution in [3.05, 3.63) is 60.7 Å². The van der Waals surface area contributed by atoms with E-state index in [0.717, 1.165) is 45.5 Å². The van der Waals surface area contributed by atoms with Crippen LogP contribution in [0, 0.1) is 0 Å². The van der Waals surface area contributed by atoms with Crippen LogP contribution in [0.25, 0.3) is 0 Å². The van der Waals surface area contributed by atoms with E-state index in [1.165, 1.54) is 23.2 Å². The Morgan fingerprint density at radius 2 is 1.43 bits per heavy atom. The maximum atomic E-state index is 6.94. The molecule has 164 valence electrons. The molecule has 2 aromatic carbocycles. The van der Waals surface area contributed by atoms with Gasteiger partial charge in [-0.15, -0.1) is 0 Å². The van der Waals surface area contributed by atoms with Crippen LogP contribution in [0.2, 0.25) is 5.04 Å². The van der Waals surface area contributed by atoms with Gasteiger partial charge in [0.1, 0.15) is 0 Å². The van der Waals surface area contributed by atoms with Crippen LogP contribution in [0.4, 0.5) is 0 Å². The zero-order valence-corrected chi connectivity index (χ0v) is 19.9. The van der Waals surface area contributed by atoms with Crippen LogP contribution in [0.15, 0.2) is 60.7 Å². The van der Waals surface area contributed by atoms with Gasteiger partial charge in [0.2, 0.25) is 0 Å². The summed E-state index contributed by atoms with van der Waals surface area (Å²) in [5.74, 6) is 0. The fourth-order valence-electron chi connectivity index (χ4n) is 4.43. The van der Waals surface area contributed by atoms with E-state index >= 15 is 0 Å². The van der Waals surface area contributed by atoms with Crippen LogP contribution >= 0.6 is 0 Å². The summed E-state index contributed by atoms with van der Waals surface area (Å²) in [6.45, 7) is 9.40. The van der Waals surface area contributed by atoms with Crippen LogP contribution in [0.5, 0.6) is 0 Å². The number of benzene rings is 2. The van der Waals surface area contributed by atoms with Crippen molar-refractivity contribution in [3.8, 4) is 0 Å². The molecule has 2 aromatic rings. The fourth-order valence-corrected chi connectivity index (χ4v) is 9.03. The molecule has 0 bridgehead atoms. The summed E-state index contributed by atoms with van der Waals surface area (Å²) < 4.78 is 18.4. The standard InChI is InChI=1S/C26H38O3Si/c1-26(2,3)30(23-15-7-4-8-16-23,24-17-9-5-10-18-24)29-22-13-6-12-20-27-25-19-11-14-21-28-25/h4-5,7-10,15-18,25H,6,11-14,19-22H2,1-3H3. The fraction of sp³-hybridized carbons (Fsp3) is 0.538. The topological polar surface area (TPSA) is 27.7 Å². The maximum Gasteiger partial charge on any atom is 0.261 e. The van der Waals surface area contributed by atoms with Gasteiger partial charge in [0.25, 0.3) is 8.32 Å². The van der Waals surface area contributed by atoms with E-state index in [9.17, 15) is 0 Å². The normalized spacial score (nSPS) is 17.8. The van der Waals surface area contributed by atoms with Crippen molar-refractivity contribution in [1.82, 2.24) is 0 Å². The highest BCUT2D eigenvalue weighted by Crippen LogP contribution is 2.36. The lowest BCUT2D eigenvalue weighted by molar-refractivity contribution is -0.162. The first-order chi connectivity index (χ1) is 14.5. The van der Waals surface area contributed by atoms with E-state index < -0.39 is 8.32 Å². The van der Waals surface area contributed by atoms with Crippen LogP contribution in [0.1, 0.15) is 59.3 Å². The van der Waals surface area contributed by atoms with Crippen LogP contribution < -0.4 is 10.4 Å². The van der Waals surface area contributed by atoms with E-state index in [0.29, 0.717) is 0 Å². The van der Waals surface area contributed by atoms with Crippen LogP contribution in [0.3, 0.4) is 0 Å². The first-order valence-electron chi connectivity index (χ1n) is 11.5. The second-order valence-corrected chi connectivity index (χ2v) is 13.5. The number of ether oxygens (including phenoxy) is 2. The molecule has 0 radical (unpaired) electrons. The van der Waals surface area contributed by atoms with Gasteiger partial charge < -0.3 is 13.9 Å². The third kappa shape index (κ3) is 5.82. The molecule has 1 saturated heterocycles. The number of unbranched alkanes of at least 4 members (excludes halogenated alkanes) is 2. The zero-order valence-electron chi connectivity index (χ0n) is 18.9. The van der Waals surface area contributed by atoms with Crippen LogP contribution in [-0.2, 0) is 13.9 Å². The Hall–Kier alpha value is -1.46. The van der Waals surface area contributed by atoms with Gasteiger partial charge in [-0.25, -0.2) is 0 Å². The van der Waals surface area contributed by atoms with E-state index in [1.54, 1.807) is 0 Å². The van der Waals surface area contributed by atoms with Crippen LogP contribution in [-0.4, -0.2) is 34.4 Å². The summed E-state index contributed by atoms with van der Waals surface area (Å²) in [5.41, 5.74) is 0. The predicted octanol–water partition coefficient (Wildman–Crippen LogP) is 5.28. The van der Waals surface area contributed by atoms with Crippen molar-refractivity contribution >= 4 is 18.7 Å². The Balaban J connectivity index is 1.60. The maximum absolute atomic E-state index is 6.94. The van der Waals surface area contributed by atoms with Gasteiger partial charge in [-0.3, -0.25) is 0 Å². The Morgan fingerprint density at radius 1 is 0.833 bits per heavy atom. The Kier molecular flexibility index (Phi) is 8.69. The molecule has 1 atom stereocenters. The predicted molar refractivity (Wildman–Crippen MR) is 127 cm³/mol. The summed E-state index contributed by atoms with van der Waals surface area (Å²) >= 11 is 0. The van der Waals surface area contributed by atoms with Crippen molar-refractivity contribution < 1.29 is 13.9 Å². The average molecular weight is 427 g/mol. The van der Waals surface area contributed by atoms with Gasteiger partial charge in [0.15, 0.2) is 6.29 Å². The monoisotopic (exact) mass is 426 g/mol. The summed E-state index contributed by atoms with van der Waals surface area (Å²) in [4.78, 5) is 0. The molecular formula is C26H38O3Si. The minimum absolute atomic E-state index is 0.0205. The molecule has 1 aliphatic rings. The van der Waals surface area contributed by atoms with Crippen molar-refractivity contribution in [1.29, 1.82) is 0 Å². The third-order valence-electron chi connectivity index (χ3n) is 5.97. The minimum Gasteiger partial charge on any atom is -0.407 e. The quantitative estimate of drug-likeness (QED) is 0.382. The zero-order chi connectivity index (χ0) is 21.3. The Morgan fingerprint density at radius 3 is 1.97 bits per heavy atom. The lowest BCUT2D eigenvalue weighted by atomic mass is 10.2. The van der Waals surface area contributed by atoms with E-state index in [4.69, 9.17) is 13.9 Å². The molecule has 30 heavy (non-hydrogen) atoms.